The van der Waals surface area contributed by atoms with Gasteiger partial charge in [-0.25, -0.2) is 0 Å². The molecule has 5 nitrogen and oxygen atoms in total. The Balaban J connectivity index is 1.88. The summed E-state index contributed by atoms with van der Waals surface area (Å²) in [7, 11) is 3.11. The van der Waals surface area contributed by atoms with Gasteiger partial charge in [0.15, 0.2) is 0 Å². The van der Waals surface area contributed by atoms with Crippen LogP contribution in [0.1, 0.15) is 32.1 Å². The Hall–Kier alpha value is -0.650. The third kappa shape index (κ3) is 3.22. The van der Waals surface area contributed by atoms with Crippen LogP contribution in [0.3, 0.4) is 0 Å². The fourth-order valence-electron chi connectivity index (χ4n) is 2.63. The number of rotatable bonds is 7. The highest BCUT2D eigenvalue weighted by Gasteiger charge is 2.49. The molecule has 0 amide bonds. The molecule has 104 valence electrons. The highest BCUT2D eigenvalue weighted by Crippen LogP contribution is 2.36. The molecule has 2 aliphatic rings. The molecule has 18 heavy (non-hydrogen) atoms. The van der Waals surface area contributed by atoms with E-state index in [2.05, 4.69) is 5.32 Å². The molecular formula is C13H23NO4. The summed E-state index contributed by atoms with van der Waals surface area (Å²) in [5.41, 5.74) is -0.520. The van der Waals surface area contributed by atoms with Gasteiger partial charge in [-0.15, -0.1) is 0 Å². The van der Waals surface area contributed by atoms with E-state index in [1.54, 1.807) is 7.11 Å². The molecule has 2 atom stereocenters. The molecule has 0 aromatic heterocycles. The summed E-state index contributed by atoms with van der Waals surface area (Å²) in [6, 6.07) is 0.488. The van der Waals surface area contributed by atoms with Crippen LogP contribution in [0.5, 0.6) is 0 Å². The summed E-state index contributed by atoms with van der Waals surface area (Å²) >= 11 is 0. The van der Waals surface area contributed by atoms with Crippen molar-refractivity contribution in [1.82, 2.24) is 5.32 Å². The van der Waals surface area contributed by atoms with Gasteiger partial charge in [0.2, 0.25) is 0 Å². The predicted octanol–water partition coefficient (Wildman–Crippen LogP) is 0.866. The summed E-state index contributed by atoms with van der Waals surface area (Å²) in [4.78, 5) is 12.0. The van der Waals surface area contributed by atoms with E-state index in [9.17, 15) is 4.79 Å². The Kier molecular flexibility index (Phi) is 4.59. The van der Waals surface area contributed by atoms with Gasteiger partial charge in [-0.1, -0.05) is 0 Å². The molecule has 5 heteroatoms. The maximum absolute atomic E-state index is 12.0. The molecule has 0 aromatic carbocycles. The average Bonchev–Trinajstić information content (AvgIpc) is 3.08. The molecule has 2 rings (SSSR count). The second-order valence-electron chi connectivity index (χ2n) is 5.22. The number of esters is 1. The predicted molar refractivity (Wildman–Crippen MR) is 66.4 cm³/mol. The fourth-order valence-corrected chi connectivity index (χ4v) is 2.63. The zero-order valence-corrected chi connectivity index (χ0v) is 11.2. The Morgan fingerprint density at radius 3 is 2.67 bits per heavy atom. The molecule has 2 saturated carbocycles. The van der Waals surface area contributed by atoms with Gasteiger partial charge in [-0.05, 0) is 25.7 Å². The third-order valence-electron chi connectivity index (χ3n) is 3.74. The molecule has 0 aromatic rings. The summed E-state index contributed by atoms with van der Waals surface area (Å²) in [6.07, 6.45) is 4.86. The highest BCUT2D eigenvalue weighted by atomic mass is 16.5. The highest BCUT2D eigenvalue weighted by molar-refractivity contribution is 5.81. The van der Waals surface area contributed by atoms with Crippen LogP contribution in [-0.4, -0.2) is 51.1 Å². The molecular weight excluding hydrogens is 234 g/mol. The molecule has 0 saturated heterocycles. The van der Waals surface area contributed by atoms with E-state index in [1.807, 2.05) is 0 Å². The molecule has 0 bridgehead atoms. The van der Waals surface area contributed by atoms with Gasteiger partial charge in [0.25, 0.3) is 0 Å². The first-order chi connectivity index (χ1) is 8.70. The first-order valence-corrected chi connectivity index (χ1v) is 6.67. The maximum atomic E-state index is 12.0. The average molecular weight is 257 g/mol. The van der Waals surface area contributed by atoms with E-state index in [-0.39, 0.29) is 12.1 Å². The zero-order chi connectivity index (χ0) is 13.0. The number of nitrogens with one attached hydrogen (secondary N) is 1. The smallest absolute Gasteiger partial charge is 0.326 e. The number of ether oxygens (including phenoxy) is 3. The lowest BCUT2D eigenvalue weighted by atomic mass is 9.97. The van der Waals surface area contributed by atoms with Gasteiger partial charge in [0, 0.05) is 19.6 Å². The number of methoxy groups -OCH3 is 2. The monoisotopic (exact) mass is 257 g/mol. The van der Waals surface area contributed by atoms with Crippen LogP contribution in [0.15, 0.2) is 0 Å². The molecule has 0 aliphatic heterocycles. The maximum Gasteiger partial charge on any atom is 0.326 e. The largest absolute Gasteiger partial charge is 0.468 e. The van der Waals surface area contributed by atoms with Gasteiger partial charge in [0.1, 0.15) is 5.54 Å². The molecule has 1 N–H and O–H groups in total. The molecule has 2 fully saturated rings. The van der Waals surface area contributed by atoms with Crippen molar-refractivity contribution in [3.05, 3.63) is 0 Å². The van der Waals surface area contributed by atoms with Crippen molar-refractivity contribution in [2.45, 2.75) is 49.8 Å². The number of hydrogen-bond acceptors (Lipinski definition) is 5. The Labute approximate surface area is 108 Å². The van der Waals surface area contributed by atoms with Crippen molar-refractivity contribution < 1.29 is 19.0 Å². The van der Waals surface area contributed by atoms with E-state index in [4.69, 9.17) is 14.2 Å². The Bertz CT molecular complexity index is 293. The number of carbonyl (C=O) groups excluding carboxylic acids is 1. The lowest BCUT2D eigenvalue weighted by molar-refractivity contribution is -0.149. The van der Waals surface area contributed by atoms with E-state index in [0.29, 0.717) is 25.7 Å². The van der Waals surface area contributed by atoms with Gasteiger partial charge in [-0.2, -0.15) is 0 Å². The van der Waals surface area contributed by atoms with Gasteiger partial charge >= 0.3 is 5.97 Å². The van der Waals surface area contributed by atoms with Crippen molar-refractivity contribution in [3.63, 3.8) is 0 Å². The lowest BCUT2D eigenvalue weighted by Crippen LogP contribution is -2.52. The van der Waals surface area contributed by atoms with E-state index >= 15 is 0 Å². The van der Waals surface area contributed by atoms with Crippen molar-refractivity contribution in [1.29, 1.82) is 0 Å². The minimum atomic E-state index is -0.520. The third-order valence-corrected chi connectivity index (χ3v) is 3.74. The van der Waals surface area contributed by atoms with Crippen LogP contribution >= 0.6 is 0 Å². The van der Waals surface area contributed by atoms with Crippen molar-refractivity contribution in [3.8, 4) is 0 Å². The molecule has 2 aliphatic carbocycles. The van der Waals surface area contributed by atoms with Crippen LogP contribution < -0.4 is 5.32 Å². The van der Waals surface area contributed by atoms with Gasteiger partial charge < -0.3 is 14.2 Å². The minimum Gasteiger partial charge on any atom is -0.468 e. The summed E-state index contributed by atoms with van der Waals surface area (Å²) in [5, 5.41) is 3.45. The van der Waals surface area contributed by atoms with Crippen LogP contribution in [0.25, 0.3) is 0 Å². The van der Waals surface area contributed by atoms with Crippen LogP contribution in [-0.2, 0) is 19.0 Å². The Morgan fingerprint density at radius 1 is 1.28 bits per heavy atom. The van der Waals surface area contributed by atoms with Gasteiger partial charge in [0.05, 0.1) is 26.4 Å². The Morgan fingerprint density at radius 2 is 2.06 bits per heavy atom. The van der Waals surface area contributed by atoms with Crippen molar-refractivity contribution in [2.24, 2.45) is 0 Å². The fraction of sp³-hybridized carbons (Fsp3) is 0.923. The molecule has 0 radical (unpaired) electrons. The van der Waals surface area contributed by atoms with Crippen molar-refractivity contribution in [2.75, 3.05) is 27.4 Å². The van der Waals surface area contributed by atoms with E-state index in [0.717, 1.165) is 25.7 Å². The first-order valence-electron chi connectivity index (χ1n) is 6.67. The zero-order valence-electron chi connectivity index (χ0n) is 11.2. The molecule has 0 heterocycles. The second kappa shape index (κ2) is 5.99. The van der Waals surface area contributed by atoms with E-state index in [1.165, 1.54) is 7.11 Å². The summed E-state index contributed by atoms with van der Waals surface area (Å²) < 4.78 is 15.6. The first kappa shape index (κ1) is 13.8. The minimum absolute atomic E-state index is 0.130. The van der Waals surface area contributed by atoms with E-state index < -0.39 is 5.54 Å². The summed E-state index contributed by atoms with van der Waals surface area (Å²) in [5.74, 6) is -0.146. The van der Waals surface area contributed by atoms with Crippen molar-refractivity contribution >= 4 is 5.97 Å². The van der Waals surface area contributed by atoms with Crippen LogP contribution in [0, 0.1) is 0 Å². The molecule has 2 unspecified atom stereocenters. The van der Waals surface area contributed by atoms with Crippen LogP contribution in [0.4, 0.5) is 0 Å². The SMILES string of the molecule is COCCOC1CCC(NC2CC2)(C(=O)OC)C1. The number of carbonyl (C=O) groups is 1. The topological polar surface area (TPSA) is 56.8 Å². The lowest BCUT2D eigenvalue weighted by Gasteiger charge is -2.27. The standard InChI is InChI=1S/C13H23NO4/c1-16-7-8-18-11-5-6-13(9-11,12(15)17-2)14-10-3-4-10/h10-11,14H,3-9H2,1-2H3. The second-order valence-corrected chi connectivity index (χ2v) is 5.22. The number of hydrogen-bond donors (Lipinski definition) is 1. The quantitative estimate of drug-likeness (QED) is 0.541. The van der Waals surface area contributed by atoms with Gasteiger partial charge in [-0.3, -0.25) is 10.1 Å². The normalized spacial score (nSPS) is 31.6. The summed E-state index contributed by atoms with van der Waals surface area (Å²) in [6.45, 7) is 1.18. The van der Waals surface area contributed by atoms with Crippen LogP contribution in [0.2, 0.25) is 0 Å². The molecule has 0 spiro atoms.